The first-order valence-corrected chi connectivity index (χ1v) is 3.64. The average Bonchev–Trinajstić information content (AvgIpc) is 2.52. The van der Waals surface area contributed by atoms with Crippen LogP contribution >= 0.6 is 0 Å². The molecular weight excluding hydrogens is 130 g/mol. The molecule has 10 heavy (non-hydrogen) atoms. The molecular formula is C7H11NO2. The van der Waals surface area contributed by atoms with Gasteiger partial charge in [-0.2, -0.15) is 0 Å². The summed E-state index contributed by atoms with van der Waals surface area (Å²) in [4.78, 5) is 10.7. The summed E-state index contributed by atoms with van der Waals surface area (Å²) < 4.78 is 0. The number of piperidine rings is 1. The fraction of sp³-hybridized carbons (Fsp3) is 0.857. The van der Waals surface area contributed by atoms with E-state index < -0.39 is 5.97 Å². The van der Waals surface area contributed by atoms with Crippen LogP contribution in [0.4, 0.5) is 0 Å². The number of hydrogen-bond donors (Lipinski definition) is 2. The number of carboxylic acids is 1. The molecule has 0 bridgehead atoms. The topological polar surface area (TPSA) is 49.3 Å². The zero-order valence-electron chi connectivity index (χ0n) is 5.92. The second kappa shape index (κ2) is 1.53. The van der Waals surface area contributed by atoms with E-state index in [9.17, 15) is 4.79 Å². The van der Waals surface area contributed by atoms with Crippen LogP contribution in [-0.2, 0) is 4.79 Å². The van der Waals surface area contributed by atoms with Gasteiger partial charge in [-0.1, -0.05) is 0 Å². The average molecular weight is 141 g/mol. The number of carboxylic acid groups (broad SMARTS) is 1. The predicted octanol–water partition coefficient (Wildman–Crippen LogP) is 0.0690. The fourth-order valence-corrected chi connectivity index (χ4v) is 2.08. The molecule has 2 aliphatic rings. The lowest BCUT2D eigenvalue weighted by Gasteiger charge is -2.13. The van der Waals surface area contributed by atoms with Gasteiger partial charge in [-0.15, -0.1) is 0 Å². The van der Waals surface area contributed by atoms with Gasteiger partial charge in [0.1, 0.15) is 0 Å². The van der Waals surface area contributed by atoms with E-state index >= 15 is 0 Å². The van der Waals surface area contributed by atoms with Crippen LogP contribution in [0.3, 0.4) is 0 Å². The molecule has 2 N–H and O–H groups in total. The number of hydrogen-bond acceptors (Lipinski definition) is 2. The highest BCUT2D eigenvalue weighted by Crippen LogP contribution is 2.58. The van der Waals surface area contributed by atoms with E-state index in [2.05, 4.69) is 5.32 Å². The Balaban J connectivity index is 2.25. The van der Waals surface area contributed by atoms with Gasteiger partial charge < -0.3 is 10.4 Å². The molecule has 0 amide bonds. The minimum atomic E-state index is -0.616. The Kier molecular flexibility index (Phi) is 0.944. The van der Waals surface area contributed by atoms with E-state index in [1.54, 1.807) is 0 Å². The van der Waals surface area contributed by atoms with Gasteiger partial charge in [0.2, 0.25) is 0 Å². The van der Waals surface area contributed by atoms with Crippen molar-refractivity contribution in [3.05, 3.63) is 0 Å². The molecule has 3 atom stereocenters. The van der Waals surface area contributed by atoms with E-state index in [1.807, 2.05) is 6.92 Å². The van der Waals surface area contributed by atoms with Crippen molar-refractivity contribution in [1.82, 2.24) is 5.32 Å². The van der Waals surface area contributed by atoms with E-state index in [-0.39, 0.29) is 11.5 Å². The van der Waals surface area contributed by atoms with Gasteiger partial charge in [0.25, 0.3) is 0 Å². The van der Waals surface area contributed by atoms with Crippen LogP contribution in [0.1, 0.15) is 13.3 Å². The molecule has 3 nitrogen and oxygen atoms in total. The number of aliphatic carboxylic acids is 1. The summed E-state index contributed by atoms with van der Waals surface area (Å²) >= 11 is 0. The summed E-state index contributed by atoms with van der Waals surface area (Å²) in [5.74, 6) is -0.199. The van der Waals surface area contributed by atoms with Crippen molar-refractivity contribution in [2.45, 2.75) is 19.4 Å². The molecule has 2 rings (SSSR count). The SMILES string of the molecule is CC1NCC2CC21C(=O)O. The summed E-state index contributed by atoms with van der Waals surface area (Å²) in [6.45, 7) is 2.86. The maximum atomic E-state index is 10.7. The predicted molar refractivity (Wildman–Crippen MR) is 35.6 cm³/mol. The highest BCUT2D eigenvalue weighted by Gasteiger charge is 2.66. The normalized spacial score (nSPS) is 50.5. The highest BCUT2D eigenvalue weighted by molar-refractivity contribution is 5.80. The van der Waals surface area contributed by atoms with Crippen LogP contribution in [-0.4, -0.2) is 23.7 Å². The second-order valence-electron chi connectivity index (χ2n) is 3.38. The summed E-state index contributed by atoms with van der Waals surface area (Å²) in [5.41, 5.74) is -0.375. The first-order chi connectivity index (χ1) is 4.68. The molecule has 0 aromatic carbocycles. The van der Waals surface area contributed by atoms with Gasteiger partial charge in [-0.3, -0.25) is 4.79 Å². The molecule has 0 radical (unpaired) electrons. The van der Waals surface area contributed by atoms with Crippen molar-refractivity contribution in [2.75, 3.05) is 6.54 Å². The minimum absolute atomic E-state index is 0.176. The van der Waals surface area contributed by atoms with Crippen molar-refractivity contribution >= 4 is 5.97 Å². The zero-order chi connectivity index (χ0) is 7.35. The fourth-order valence-electron chi connectivity index (χ4n) is 2.08. The quantitative estimate of drug-likeness (QED) is 0.543. The van der Waals surface area contributed by atoms with Crippen molar-refractivity contribution in [3.8, 4) is 0 Å². The van der Waals surface area contributed by atoms with Gasteiger partial charge in [0.05, 0.1) is 5.41 Å². The number of fused-ring (bicyclic) bond motifs is 1. The Morgan fingerprint density at radius 3 is 2.70 bits per heavy atom. The van der Waals surface area contributed by atoms with Crippen LogP contribution < -0.4 is 5.32 Å². The summed E-state index contributed by atoms with van der Waals surface area (Å²) in [6, 6.07) is 0.176. The highest BCUT2D eigenvalue weighted by atomic mass is 16.4. The third-order valence-electron chi connectivity index (χ3n) is 2.99. The summed E-state index contributed by atoms with van der Waals surface area (Å²) in [5, 5.41) is 12.0. The Bertz CT molecular complexity index is 192. The maximum absolute atomic E-state index is 10.7. The Morgan fingerprint density at radius 1 is 1.80 bits per heavy atom. The number of rotatable bonds is 1. The van der Waals surface area contributed by atoms with E-state index in [4.69, 9.17) is 5.11 Å². The third kappa shape index (κ3) is 0.475. The zero-order valence-corrected chi connectivity index (χ0v) is 5.92. The molecule has 1 saturated carbocycles. The van der Waals surface area contributed by atoms with E-state index in [0.717, 1.165) is 13.0 Å². The van der Waals surface area contributed by atoms with Gasteiger partial charge in [0.15, 0.2) is 0 Å². The monoisotopic (exact) mass is 141 g/mol. The Hall–Kier alpha value is -0.570. The Morgan fingerprint density at radius 2 is 2.50 bits per heavy atom. The van der Waals surface area contributed by atoms with Gasteiger partial charge >= 0.3 is 5.97 Å². The molecule has 2 fully saturated rings. The lowest BCUT2D eigenvalue weighted by molar-refractivity contribution is -0.144. The molecule has 1 aliphatic carbocycles. The maximum Gasteiger partial charge on any atom is 0.311 e. The van der Waals surface area contributed by atoms with E-state index in [0.29, 0.717) is 5.92 Å². The molecule has 56 valence electrons. The van der Waals surface area contributed by atoms with Gasteiger partial charge in [-0.05, 0) is 25.8 Å². The minimum Gasteiger partial charge on any atom is -0.481 e. The molecule has 3 unspecified atom stereocenters. The van der Waals surface area contributed by atoms with Crippen LogP contribution in [0, 0.1) is 11.3 Å². The first-order valence-electron chi connectivity index (χ1n) is 3.64. The van der Waals surface area contributed by atoms with Gasteiger partial charge in [-0.25, -0.2) is 0 Å². The first kappa shape index (κ1) is 6.16. The van der Waals surface area contributed by atoms with Crippen LogP contribution in [0.15, 0.2) is 0 Å². The number of carbonyl (C=O) groups is 1. The van der Waals surface area contributed by atoms with Crippen LogP contribution in [0.25, 0.3) is 0 Å². The van der Waals surface area contributed by atoms with Crippen molar-refractivity contribution in [1.29, 1.82) is 0 Å². The lowest BCUT2D eigenvalue weighted by atomic mass is 9.99. The van der Waals surface area contributed by atoms with Gasteiger partial charge in [0, 0.05) is 6.04 Å². The molecule has 0 spiro atoms. The van der Waals surface area contributed by atoms with Crippen molar-refractivity contribution < 1.29 is 9.90 Å². The summed E-state index contributed by atoms with van der Waals surface area (Å²) in [7, 11) is 0. The smallest absolute Gasteiger partial charge is 0.311 e. The van der Waals surface area contributed by atoms with E-state index in [1.165, 1.54) is 0 Å². The Labute approximate surface area is 59.4 Å². The molecule has 0 aromatic heterocycles. The molecule has 0 aromatic rings. The molecule has 1 aliphatic heterocycles. The largest absolute Gasteiger partial charge is 0.481 e. The van der Waals surface area contributed by atoms with Crippen molar-refractivity contribution in [2.24, 2.45) is 11.3 Å². The number of nitrogens with one attached hydrogen (secondary N) is 1. The van der Waals surface area contributed by atoms with Crippen LogP contribution in [0.2, 0.25) is 0 Å². The standard InChI is InChI=1S/C7H11NO2/c1-4-7(6(9)10)2-5(7)3-8-4/h4-5,8H,2-3H2,1H3,(H,9,10). The van der Waals surface area contributed by atoms with Crippen LogP contribution in [0.5, 0.6) is 0 Å². The molecule has 3 heteroatoms. The molecule has 1 saturated heterocycles. The lowest BCUT2D eigenvalue weighted by Crippen LogP contribution is -2.33. The second-order valence-corrected chi connectivity index (χ2v) is 3.38. The van der Waals surface area contributed by atoms with Crippen molar-refractivity contribution in [3.63, 3.8) is 0 Å². The molecule has 1 heterocycles. The third-order valence-corrected chi connectivity index (χ3v) is 2.99. The summed E-state index contributed by atoms with van der Waals surface area (Å²) in [6.07, 6.45) is 0.885.